The Morgan fingerprint density at radius 3 is 3.00 bits per heavy atom. The number of amides is 1. The molecular weight excluding hydrogens is 416 g/mol. The third-order valence-corrected chi connectivity index (χ3v) is 5.85. The van der Waals surface area contributed by atoms with Gasteiger partial charge in [-0.05, 0) is 50.5 Å². The fourth-order valence-electron chi connectivity index (χ4n) is 4.21. The maximum atomic E-state index is 13.5. The molecule has 1 fully saturated rings. The molecule has 1 saturated heterocycles. The van der Waals surface area contributed by atoms with Crippen LogP contribution in [0.4, 0.5) is 0 Å². The van der Waals surface area contributed by atoms with Crippen LogP contribution in [0.2, 0.25) is 5.02 Å². The highest BCUT2D eigenvalue weighted by Crippen LogP contribution is 2.35. The summed E-state index contributed by atoms with van der Waals surface area (Å²) in [7, 11) is 0. The molecule has 0 aliphatic carbocycles. The van der Waals surface area contributed by atoms with Gasteiger partial charge in [0.15, 0.2) is 0 Å². The van der Waals surface area contributed by atoms with Gasteiger partial charge in [-0.3, -0.25) is 4.79 Å². The normalized spacial score (nSPS) is 16.4. The monoisotopic (exact) mass is 436 g/mol. The van der Waals surface area contributed by atoms with Crippen LogP contribution in [0, 0.1) is 13.8 Å². The molecule has 31 heavy (non-hydrogen) atoms. The molecule has 0 radical (unpaired) electrons. The lowest BCUT2D eigenvalue weighted by Gasteiger charge is -2.22. The van der Waals surface area contributed by atoms with Crippen molar-refractivity contribution in [3.8, 4) is 0 Å². The van der Waals surface area contributed by atoms with Crippen molar-refractivity contribution in [3.05, 3.63) is 75.7 Å². The minimum absolute atomic E-state index is 0.0844. The number of hydrogen-bond acceptors (Lipinski definition) is 6. The van der Waals surface area contributed by atoms with Gasteiger partial charge < -0.3 is 13.8 Å². The number of aryl methyl sites for hydroxylation is 2. The lowest BCUT2D eigenvalue weighted by atomic mass is 10.1. The number of oxazole rings is 1. The molecule has 1 amide bonds. The van der Waals surface area contributed by atoms with Gasteiger partial charge in [0.05, 0.1) is 22.8 Å². The van der Waals surface area contributed by atoms with Gasteiger partial charge in [0, 0.05) is 23.7 Å². The predicted octanol–water partition coefficient (Wildman–Crippen LogP) is 5.05. The summed E-state index contributed by atoms with van der Waals surface area (Å²) in [6.45, 7) is 4.30. The van der Waals surface area contributed by atoms with E-state index in [0.717, 1.165) is 24.2 Å². The van der Waals surface area contributed by atoms with Gasteiger partial charge in [0.2, 0.25) is 5.89 Å². The van der Waals surface area contributed by atoms with Gasteiger partial charge in [0.1, 0.15) is 11.8 Å². The highest BCUT2D eigenvalue weighted by atomic mass is 35.5. The summed E-state index contributed by atoms with van der Waals surface area (Å²) in [6, 6.07) is 9.25. The number of hydrogen-bond donors (Lipinski definition) is 0. The maximum absolute atomic E-state index is 13.5. The van der Waals surface area contributed by atoms with Crippen molar-refractivity contribution in [3.63, 3.8) is 0 Å². The third kappa shape index (κ3) is 3.70. The molecule has 1 aromatic carbocycles. The second-order valence-electron chi connectivity index (χ2n) is 7.89. The lowest BCUT2D eigenvalue weighted by molar-refractivity contribution is 0.0716. The molecule has 0 bridgehead atoms. The quantitative estimate of drug-likeness (QED) is 0.445. The first-order chi connectivity index (χ1) is 15.0. The molecule has 0 unspecified atom stereocenters. The van der Waals surface area contributed by atoms with Crippen LogP contribution in [0.5, 0.6) is 0 Å². The zero-order chi connectivity index (χ0) is 21.5. The highest BCUT2D eigenvalue weighted by molar-refractivity contribution is 6.30. The summed E-state index contributed by atoms with van der Waals surface area (Å²) in [5, 5.41) is 5.33. The molecule has 5 rings (SSSR count). The first-order valence-corrected chi connectivity index (χ1v) is 10.6. The summed E-state index contributed by atoms with van der Waals surface area (Å²) in [5.41, 5.74) is 3.35. The van der Waals surface area contributed by atoms with Crippen LogP contribution in [-0.4, -0.2) is 32.5 Å². The molecule has 8 heteroatoms. The van der Waals surface area contributed by atoms with E-state index < -0.39 is 0 Å². The number of nitrogens with zero attached hydrogens (tertiary/aromatic N) is 4. The summed E-state index contributed by atoms with van der Waals surface area (Å²) in [6.07, 6.45) is 4.02. The molecular formula is C23H21ClN4O3. The average molecular weight is 437 g/mol. The van der Waals surface area contributed by atoms with Gasteiger partial charge in [0.25, 0.3) is 11.6 Å². The first kappa shape index (κ1) is 19.8. The molecule has 7 nitrogen and oxygen atoms in total. The fourth-order valence-corrected chi connectivity index (χ4v) is 4.43. The number of pyridine rings is 1. The number of carbonyl (C=O) groups is 1. The number of likely N-dealkylation sites (tertiary alicyclic amines) is 1. The van der Waals surface area contributed by atoms with Crippen molar-refractivity contribution in [1.82, 2.24) is 20.0 Å². The van der Waals surface area contributed by atoms with Crippen molar-refractivity contribution in [2.75, 3.05) is 6.54 Å². The van der Waals surface area contributed by atoms with Crippen LogP contribution in [0.25, 0.3) is 11.1 Å². The summed E-state index contributed by atoms with van der Waals surface area (Å²) < 4.78 is 11.3. The number of aromatic nitrogens is 3. The molecule has 0 N–H and O–H groups in total. The van der Waals surface area contributed by atoms with Crippen LogP contribution in [0.15, 0.2) is 45.5 Å². The number of fused-ring (bicyclic) bond motifs is 1. The molecule has 158 valence electrons. The van der Waals surface area contributed by atoms with Crippen molar-refractivity contribution in [1.29, 1.82) is 0 Å². The van der Waals surface area contributed by atoms with Crippen LogP contribution in [0.3, 0.4) is 0 Å². The van der Waals surface area contributed by atoms with E-state index in [4.69, 9.17) is 20.5 Å². The van der Waals surface area contributed by atoms with Crippen LogP contribution >= 0.6 is 11.6 Å². The van der Waals surface area contributed by atoms with E-state index in [9.17, 15) is 4.79 Å². The smallest absolute Gasteiger partial charge is 0.258 e. The van der Waals surface area contributed by atoms with E-state index in [2.05, 4.69) is 15.1 Å². The van der Waals surface area contributed by atoms with E-state index in [1.54, 1.807) is 12.3 Å². The Balaban J connectivity index is 1.43. The third-order valence-electron chi connectivity index (χ3n) is 5.61. The number of rotatable bonds is 4. The Morgan fingerprint density at radius 1 is 1.29 bits per heavy atom. The molecule has 0 spiro atoms. The van der Waals surface area contributed by atoms with E-state index in [0.29, 0.717) is 51.9 Å². The zero-order valence-electron chi connectivity index (χ0n) is 17.3. The van der Waals surface area contributed by atoms with Gasteiger partial charge in [-0.1, -0.05) is 28.9 Å². The van der Waals surface area contributed by atoms with E-state index in [1.807, 2.05) is 43.0 Å². The Bertz CT molecular complexity index is 1280. The predicted molar refractivity (Wildman–Crippen MR) is 115 cm³/mol. The number of benzene rings is 1. The zero-order valence-corrected chi connectivity index (χ0v) is 18.0. The first-order valence-electron chi connectivity index (χ1n) is 10.2. The van der Waals surface area contributed by atoms with Gasteiger partial charge in [-0.15, -0.1) is 0 Å². The molecule has 4 heterocycles. The van der Waals surface area contributed by atoms with Crippen molar-refractivity contribution in [2.24, 2.45) is 0 Å². The largest absolute Gasteiger partial charge is 0.443 e. The molecule has 1 atom stereocenters. The molecule has 1 aliphatic rings. The fraction of sp³-hybridized carbons (Fsp3) is 0.304. The summed E-state index contributed by atoms with van der Waals surface area (Å²) >= 11 is 6.08. The van der Waals surface area contributed by atoms with Crippen molar-refractivity contribution in [2.45, 2.75) is 39.2 Å². The minimum Gasteiger partial charge on any atom is -0.443 e. The molecule has 4 aromatic rings. The highest BCUT2D eigenvalue weighted by Gasteiger charge is 2.35. The standard InChI is InChI=1S/C23H21ClN4O3/c1-13-9-18(20-14(2)27-31-22(20)26-13)23(29)28-8-4-7-19(28)21-25-12-17(30-21)11-15-5-3-6-16(24)10-15/h3,5-6,9-10,12,19H,4,7-8,11H2,1-2H3/t19-/m1/s1. The average Bonchev–Trinajstić information content (AvgIpc) is 3.47. The second kappa shape index (κ2) is 7.81. The van der Waals surface area contributed by atoms with Crippen molar-refractivity contribution < 1.29 is 13.7 Å². The Labute approximate surface area is 184 Å². The van der Waals surface area contributed by atoms with Gasteiger partial charge >= 0.3 is 0 Å². The van der Waals surface area contributed by atoms with Crippen molar-refractivity contribution >= 4 is 28.6 Å². The number of carbonyl (C=O) groups excluding carboxylic acids is 1. The summed E-state index contributed by atoms with van der Waals surface area (Å²) in [5.74, 6) is 1.22. The van der Waals surface area contributed by atoms with Gasteiger partial charge in [-0.2, -0.15) is 0 Å². The Morgan fingerprint density at radius 2 is 2.16 bits per heavy atom. The SMILES string of the molecule is Cc1cc(C(=O)N2CCC[C@@H]2c2ncc(Cc3cccc(Cl)c3)o2)c2c(C)noc2n1. The van der Waals surface area contributed by atoms with Crippen LogP contribution in [0.1, 0.15) is 57.8 Å². The Hall–Kier alpha value is -3.19. The lowest BCUT2D eigenvalue weighted by Crippen LogP contribution is -2.31. The van der Waals surface area contributed by atoms with E-state index in [-0.39, 0.29) is 11.9 Å². The topological polar surface area (TPSA) is 85.3 Å². The van der Waals surface area contributed by atoms with Crippen LogP contribution < -0.4 is 0 Å². The number of halogens is 1. The van der Waals surface area contributed by atoms with Crippen LogP contribution in [-0.2, 0) is 6.42 Å². The molecule has 1 aliphatic heterocycles. The molecule has 3 aromatic heterocycles. The summed E-state index contributed by atoms with van der Waals surface area (Å²) in [4.78, 5) is 24.2. The maximum Gasteiger partial charge on any atom is 0.258 e. The van der Waals surface area contributed by atoms with Gasteiger partial charge in [-0.25, -0.2) is 9.97 Å². The Kier molecular flexibility index (Phi) is 4.98. The van der Waals surface area contributed by atoms with E-state index in [1.165, 1.54) is 0 Å². The second-order valence-corrected chi connectivity index (χ2v) is 8.32. The molecule has 0 saturated carbocycles. The minimum atomic E-state index is -0.204. The van der Waals surface area contributed by atoms with E-state index >= 15 is 0 Å².